The standard InChI is InChI=1S/C29H28N10O8S2/c1-29(2,27(44)45)47-35-18(22-34-28(32)49-36-22)23(40)33-19-24(41)39-20(26(42)43)15(12-48-25(19)39)8-37-5-3-13-4-6-38(17(13)10-37)9-16-7-14(11-46-16)21(30)31/h3-7,10-11,19,25H,8-9,12H2,1-2H3,(H7-,30,31,32,33,34,36,40,42,43,44,45)/b35-18-/t19-,25-/m1/s1. The molecule has 20 heteroatoms. The number of anilines is 1. The molecule has 18 nitrogen and oxygen atoms in total. The third-order valence-corrected chi connectivity index (χ3v) is 9.60. The van der Waals surface area contributed by atoms with Crippen molar-refractivity contribution in [1.29, 1.82) is 5.41 Å². The molecule has 0 spiro atoms. The molecule has 254 valence electrons. The van der Waals surface area contributed by atoms with E-state index in [0.29, 0.717) is 23.4 Å². The molecule has 0 radical (unpaired) electrons. The summed E-state index contributed by atoms with van der Waals surface area (Å²) in [5.41, 5.74) is 10.3. The van der Waals surface area contributed by atoms with Crippen molar-refractivity contribution in [2.45, 2.75) is 44.0 Å². The normalized spacial score (nSPS) is 17.9. The molecule has 49 heavy (non-hydrogen) atoms. The number of carbonyl (C=O) groups is 4. The Labute approximate surface area is 284 Å². The van der Waals surface area contributed by atoms with Gasteiger partial charge >= 0.3 is 5.97 Å². The quantitative estimate of drug-likeness (QED) is 0.0388. The van der Waals surface area contributed by atoms with Crippen LogP contribution in [0.3, 0.4) is 0 Å². The van der Waals surface area contributed by atoms with Crippen LogP contribution in [-0.2, 0) is 37.1 Å². The lowest BCUT2D eigenvalue weighted by Gasteiger charge is -2.50. The number of thioether (sulfide) groups is 1. The van der Waals surface area contributed by atoms with Crippen LogP contribution in [0, 0.1) is 5.41 Å². The molecule has 6 heterocycles. The molecule has 6 rings (SSSR count). The maximum Gasteiger partial charge on any atom is 0.350 e. The summed E-state index contributed by atoms with van der Waals surface area (Å²) in [6.45, 7) is 2.93. The molecule has 2 aliphatic heterocycles. The van der Waals surface area contributed by atoms with E-state index in [1.807, 2.05) is 29.1 Å². The topological polar surface area (TPSA) is 272 Å². The molecule has 2 atom stereocenters. The fourth-order valence-corrected chi connectivity index (χ4v) is 6.88. The van der Waals surface area contributed by atoms with E-state index >= 15 is 0 Å². The minimum Gasteiger partial charge on any atom is -0.543 e. The number of hydrogen-bond donors (Lipinski definition) is 5. The SMILES string of the molecule is CC(C)(O/N=C(\C(=O)N[C@@H]1C(=O)N2C(C(=O)[O-])=C(C[n+]3ccc4ccn(Cc5cc(C(=N)N)co5)c4c3)CS[C@H]12)c1nsc(N)n1)C(=O)O. The fraction of sp³-hybridized carbons (Fsp3) is 0.276. The number of β-lactam (4-membered cyclic amide) rings is 1. The van der Waals surface area contributed by atoms with Crippen molar-refractivity contribution < 1.29 is 43.2 Å². The number of nitrogen functional groups attached to an aromatic ring is 2. The molecule has 0 aromatic carbocycles. The fourth-order valence-electron chi connectivity index (χ4n) is 5.11. The Hall–Kier alpha value is -5.76. The van der Waals surface area contributed by atoms with Crippen molar-refractivity contribution in [3.8, 4) is 0 Å². The number of aromatic nitrogens is 4. The van der Waals surface area contributed by atoms with Crippen molar-refractivity contribution in [1.82, 2.24) is 24.1 Å². The van der Waals surface area contributed by atoms with Gasteiger partial charge in [-0.25, -0.2) is 4.79 Å². The number of carbonyl (C=O) groups excluding carboxylic acids is 3. The molecule has 0 saturated carbocycles. The molecule has 2 aliphatic rings. The minimum absolute atomic E-state index is 0.00369. The van der Waals surface area contributed by atoms with E-state index in [0.717, 1.165) is 27.3 Å². The average molecular weight is 709 g/mol. The lowest BCUT2D eigenvalue weighted by Crippen LogP contribution is -2.71. The van der Waals surface area contributed by atoms with Gasteiger partial charge in [0.2, 0.25) is 17.1 Å². The maximum absolute atomic E-state index is 13.4. The highest BCUT2D eigenvalue weighted by Gasteiger charge is 2.53. The summed E-state index contributed by atoms with van der Waals surface area (Å²) in [6, 6.07) is 4.33. The van der Waals surface area contributed by atoms with Crippen LogP contribution in [0.15, 0.2) is 63.9 Å². The number of fused-ring (bicyclic) bond motifs is 2. The summed E-state index contributed by atoms with van der Waals surface area (Å²) in [5, 5.41) is 35.7. The Morgan fingerprint density at radius 3 is 2.78 bits per heavy atom. The second-order valence-corrected chi connectivity index (χ2v) is 13.4. The highest BCUT2D eigenvalue weighted by molar-refractivity contribution is 8.00. The summed E-state index contributed by atoms with van der Waals surface area (Å²) in [6.07, 6.45) is 6.92. The summed E-state index contributed by atoms with van der Waals surface area (Å²) < 4.78 is 13.2. The van der Waals surface area contributed by atoms with E-state index in [-0.39, 0.29) is 34.8 Å². The number of rotatable bonds is 12. The molecule has 2 amide bonds. The van der Waals surface area contributed by atoms with E-state index in [1.54, 1.807) is 16.8 Å². The van der Waals surface area contributed by atoms with Gasteiger partial charge in [0.15, 0.2) is 24.1 Å². The number of furan rings is 1. The van der Waals surface area contributed by atoms with Crippen LogP contribution in [0.5, 0.6) is 0 Å². The van der Waals surface area contributed by atoms with Gasteiger partial charge in [0.1, 0.15) is 34.8 Å². The first-order valence-corrected chi connectivity index (χ1v) is 16.2. The minimum atomic E-state index is -1.81. The van der Waals surface area contributed by atoms with Crippen molar-refractivity contribution in [3.05, 3.63) is 71.5 Å². The Balaban J connectivity index is 1.21. The number of oxime groups is 1. The van der Waals surface area contributed by atoms with Gasteiger partial charge in [0.25, 0.3) is 11.8 Å². The maximum atomic E-state index is 13.4. The van der Waals surface area contributed by atoms with Gasteiger partial charge in [-0.2, -0.15) is 13.9 Å². The third-order valence-electron chi connectivity index (χ3n) is 7.71. The first kappa shape index (κ1) is 33.2. The number of hydrogen-bond acceptors (Lipinski definition) is 14. The van der Waals surface area contributed by atoms with Gasteiger partial charge in [-0.3, -0.25) is 19.9 Å². The number of nitrogens with two attached hydrogens (primary N) is 2. The van der Waals surface area contributed by atoms with Gasteiger partial charge in [-0.1, -0.05) is 5.16 Å². The number of carboxylic acids is 2. The third kappa shape index (κ3) is 6.42. The predicted molar refractivity (Wildman–Crippen MR) is 172 cm³/mol. The summed E-state index contributed by atoms with van der Waals surface area (Å²) in [4.78, 5) is 60.6. The smallest absolute Gasteiger partial charge is 0.350 e. The Bertz CT molecular complexity index is 2100. The molecule has 4 aromatic heterocycles. The van der Waals surface area contributed by atoms with Gasteiger partial charge < -0.3 is 45.6 Å². The zero-order valence-electron chi connectivity index (χ0n) is 25.8. The molecule has 0 unspecified atom stereocenters. The monoisotopic (exact) mass is 708 g/mol. The number of aliphatic carboxylic acids is 2. The number of amidine groups is 1. The molecular weight excluding hydrogens is 681 g/mol. The number of nitrogens with one attached hydrogen (secondary N) is 2. The summed E-state index contributed by atoms with van der Waals surface area (Å²) >= 11 is 2.01. The van der Waals surface area contributed by atoms with Gasteiger partial charge in [-0.15, -0.1) is 11.8 Å². The predicted octanol–water partition coefficient (Wildman–Crippen LogP) is -1.02. The molecule has 7 N–H and O–H groups in total. The van der Waals surface area contributed by atoms with Gasteiger partial charge in [-0.05, 0) is 26.0 Å². The second kappa shape index (κ2) is 12.7. The van der Waals surface area contributed by atoms with Crippen molar-refractivity contribution in [2.75, 3.05) is 11.5 Å². The number of pyridine rings is 1. The zero-order valence-corrected chi connectivity index (χ0v) is 27.4. The summed E-state index contributed by atoms with van der Waals surface area (Å²) in [5.74, 6) is -4.11. The molecular formula is C29H28N10O8S2. The molecule has 0 aliphatic carbocycles. The number of carboxylic acid groups (broad SMARTS) is 2. The lowest BCUT2D eigenvalue weighted by atomic mass is 10.0. The Morgan fingerprint density at radius 1 is 1.35 bits per heavy atom. The molecule has 1 fully saturated rings. The van der Waals surface area contributed by atoms with Crippen LogP contribution >= 0.6 is 23.3 Å². The van der Waals surface area contributed by atoms with E-state index < -0.39 is 46.5 Å². The highest BCUT2D eigenvalue weighted by atomic mass is 32.2. The van der Waals surface area contributed by atoms with Crippen LogP contribution in [0.1, 0.15) is 31.0 Å². The second-order valence-electron chi connectivity index (χ2n) is 11.5. The van der Waals surface area contributed by atoms with Crippen molar-refractivity contribution in [3.63, 3.8) is 0 Å². The first-order valence-electron chi connectivity index (χ1n) is 14.4. The van der Waals surface area contributed by atoms with E-state index in [1.165, 1.54) is 31.9 Å². The first-order chi connectivity index (χ1) is 23.2. The zero-order chi connectivity index (χ0) is 35.2. The van der Waals surface area contributed by atoms with E-state index in [4.69, 9.17) is 26.1 Å². The number of amides is 2. The van der Waals surface area contributed by atoms with Gasteiger partial charge in [0, 0.05) is 40.5 Å². The van der Waals surface area contributed by atoms with Gasteiger partial charge in [0.05, 0.1) is 23.8 Å². The molecule has 1 saturated heterocycles. The van der Waals surface area contributed by atoms with Crippen molar-refractivity contribution in [2.24, 2.45) is 10.9 Å². The van der Waals surface area contributed by atoms with Crippen LogP contribution in [0.4, 0.5) is 5.13 Å². The van der Waals surface area contributed by atoms with Crippen LogP contribution in [0.25, 0.3) is 10.9 Å². The molecule has 4 aromatic rings. The lowest BCUT2D eigenvalue weighted by molar-refractivity contribution is -0.687. The van der Waals surface area contributed by atoms with Crippen LogP contribution in [0.2, 0.25) is 0 Å². The van der Waals surface area contributed by atoms with E-state index in [2.05, 4.69) is 19.8 Å². The van der Waals surface area contributed by atoms with E-state index in [9.17, 15) is 29.4 Å². The average Bonchev–Trinajstić information content (AvgIpc) is 3.80. The van der Waals surface area contributed by atoms with Crippen molar-refractivity contribution >= 4 is 74.6 Å². The molecule has 0 bridgehead atoms. The Kier molecular flexibility index (Phi) is 8.59. The largest absolute Gasteiger partial charge is 0.543 e. The Morgan fingerprint density at radius 2 is 2.12 bits per heavy atom. The highest BCUT2D eigenvalue weighted by Crippen LogP contribution is 2.40. The summed E-state index contributed by atoms with van der Waals surface area (Å²) in [7, 11) is 0. The van der Waals surface area contributed by atoms with Crippen LogP contribution < -0.4 is 26.5 Å². The van der Waals surface area contributed by atoms with Crippen LogP contribution in [-0.4, -0.2) is 82.0 Å². The number of nitrogens with zero attached hydrogens (tertiary/aromatic N) is 6.